The van der Waals surface area contributed by atoms with Crippen molar-refractivity contribution in [2.24, 2.45) is 0 Å². The quantitative estimate of drug-likeness (QED) is 0.605. The number of hydrogen-bond donors (Lipinski definition) is 0. The Kier molecular flexibility index (Phi) is 5.17. The molecule has 0 bridgehead atoms. The molecule has 0 aliphatic carbocycles. The van der Waals surface area contributed by atoms with Crippen LogP contribution >= 0.6 is 11.6 Å². The van der Waals surface area contributed by atoms with E-state index in [0.717, 1.165) is 11.6 Å². The van der Waals surface area contributed by atoms with Crippen molar-refractivity contribution >= 4 is 23.5 Å². The Bertz CT molecular complexity index is 726. The van der Waals surface area contributed by atoms with Crippen LogP contribution in [0.3, 0.4) is 0 Å². The molecule has 114 valence electrons. The van der Waals surface area contributed by atoms with Crippen molar-refractivity contribution in [1.82, 2.24) is 0 Å². The molecule has 0 aliphatic heterocycles. The lowest BCUT2D eigenvalue weighted by atomic mass is 10.1. The number of ketones is 1. The standard InChI is InChI=1S/C17H14ClFO3/c1-21-13-6-3-11(17(10-13)22-2)5-8-16(20)12-4-7-15(19)14(18)9-12/h3-10H,1-2H3/b8-5+. The Morgan fingerprint density at radius 2 is 1.91 bits per heavy atom. The van der Waals surface area contributed by atoms with E-state index >= 15 is 0 Å². The smallest absolute Gasteiger partial charge is 0.185 e. The molecular weight excluding hydrogens is 307 g/mol. The molecule has 0 heterocycles. The minimum absolute atomic E-state index is 0.0821. The number of rotatable bonds is 5. The van der Waals surface area contributed by atoms with Crippen molar-refractivity contribution in [3.63, 3.8) is 0 Å². The second kappa shape index (κ2) is 7.09. The van der Waals surface area contributed by atoms with E-state index in [9.17, 15) is 9.18 Å². The second-order valence-corrected chi connectivity index (χ2v) is 4.84. The highest BCUT2D eigenvalue weighted by Crippen LogP contribution is 2.26. The second-order valence-electron chi connectivity index (χ2n) is 4.43. The number of allylic oxidation sites excluding steroid dienone is 1. The third-order valence-electron chi connectivity index (χ3n) is 3.06. The van der Waals surface area contributed by atoms with E-state index < -0.39 is 5.82 Å². The van der Waals surface area contributed by atoms with Gasteiger partial charge in [0.2, 0.25) is 0 Å². The highest BCUT2D eigenvalue weighted by atomic mass is 35.5. The molecule has 0 amide bonds. The fourth-order valence-electron chi connectivity index (χ4n) is 1.87. The summed E-state index contributed by atoms with van der Waals surface area (Å²) in [7, 11) is 3.10. The first-order valence-corrected chi connectivity index (χ1v) is 6.82. The molecular formula is C17H14ClFO3. The van der Waals surface area contributed by atoms with Gasteiger partial charge >= 0.3 is 0 Å². The average Bonchev–Trinajstić information content (AvgIpc) is 2.54. The maximum Gasteiger partial charge on any atom is 0.185 e. The van der Waals surface area contributed by atoms with E-state index in [0.29, 0.717) is 17.1 Å². The highest BCUT2D eigenvalue weighted by molar-refractivity contribution is 6.31. The van der Waals surface area contributed by atoms with Crippen molar-refractivity contribution in [2.45, 2.75) is 0 Å². The normalized spacial score (nSPS) is 10.7. The fraction of sp³-hybridized carbons (Fsp3) is 0.118. The van der Waals surface area contributed by atoms with Gasteiger partial charge in [-0.15, -0.1) is 0 Å². The van der Waals surface area contributed by atoms with Crippen LogP contribution in [0.15, 0.2) is 42.5 Å². The van der Waals surface area contributed by atoms with Crippen LogP contribution in [0.2, 0.25) is 5.02 Å². The van der Waals surface area contributed by atoms with Crippen LogP contribution < -0.4 is 9.47 Å². The average molecular weight is 321 g/mol. The molecule has 0 N–H and O–H groups in total. The van der Waals surface area contributed by atoms with Crippen molar-refractivity contribution in [3.05, 3.63) is 64.4 Å². The zero-order valence-corrected chi connectivity index (χ0v) is 12.9. The van der Waals surface area contributed by atoms with Gasteiger partial charge in [-0.05, 0) is 42.5 Å². The third kappa shape index (κ3) is 3.65. The summed E-state index contributed by atoms with van der Waals surface area (Å²) < 4.78 is 23.5. The van der Waals surface area contributed by atoms with Crippen molar-refractivity contribution in [3.8, 4) is 11.5 Å². The topological polar surface area (TPSA) is 35.5 Å². The lowest BCUT2D eigenvalue weighted by Crippen LogP contribution is -1.95. The SMILES string of the molecule is COc1ccc(/C=C/C(=O)c2ccc(F)c(Cl)c2)c(OC)c1. The van der Waals surface area contributed by atoms with Crippen molar-refractivity contribution in [2.75, 3.05) is 14.2 Å². The first-order valence-electron chi connectivity index (χ1n) is 6.44. The maximum atomic E-state index is 13.1. The molecule has 0 saturated heterocycles. The van der Waals surface area contributed by atoms with Crippen LogP contribution in [0.25, 0.3) is 6.08 Å². The van der Waals surface area contributed by atoms with Crippen LogP contribution in [0.5, 0.6) is 11.5 Å². The van der Waals surface area contributed by atoms with Gasteiger partial charge in [-0.2, -0.15) is 0 Å². The monoisotopic (exact) mass is 320 g/mol. The number of hydrogen-bond acceptors (Lipinski definition) is 3. The molecule has 0 fully saturated rings. The molecule has 5 heteroatoms. The first-order chi connectivity index (χ1) is 10.5. The lowest BCUT2D eigenvalue weighted by Gasteiger charge is -2.07. The molecule has 0 unspecified atom stereocenters. The summed E-state index contributed by atoms with van der Waals surface area (Å²) in [5, 5.41) is -0.0821. The minimum Gasteiger partial charge on any atom is -0.497 e. The summed E-state index contributed by atoms with van der Waals surface area (Å²) in [6, 6.07) is 9.12. The Morgan fingerprint density at radius 3 is 2.55 bits per heavy atom. The Balaban J connectivity index is 2.24. The maximum absolute atomic E-state index is 13.1. The molecule has 0 aromatic heterocycles. The van der Waals surface area contributed by atoms with Crippen LogP contribution in [-0.4, -0.2) is 20.0 Å². The molecule has 2 rings (SSSR count). The predicted octanol–water partition coefficient (Wildman–Crippen LogP) is 4.39. The lowest BCUT2D eigenvalue weighted by molar-refractivity contribution is 0.104. The van der Waals surface area contributed by atoms with Gasteiger partial charge in [-0.25, -0.2) is 4.39 Å². The van der Waals surface area contributed by atoms with Gasteiger partial charge < -0.3 is 9.47 Å². The molecule has 0 atom stereocenters. The summed E-state index contributed by atoms with van der Waals surface area (Å²) in [5.74, 6) is 0.407. The predicted molar refractivity (Wildman–Crippen MR) is 84.3 cm³/mol. The molecule has 3 nitrogen and oxygen atoms in total. The van der Waals surface area contributed by atoms with E-state index in [-0.39, 0.29) is 10.8 Å². The van der Waals surface area contributed by atoms with Crippen LogP contribution in [0, 0.1) is 5.82 Å². The highest BCUT2D eigenvalue weighted by Gasteiger charge is 2.07. The van der Waals surface area contributed by atoms with Gasteiger partial charge in [0.05, 0.1) is 19.2 Å². The summed E-state index contributed by atoms with van der Waals surface area (Å²) >= 11 is 5.67. The van der Waals surface area contributed by atoms with E-state index in [1.807, 2.05) is 0 Å². The van der Waals surface area contributed by atoms with Crippen molar-refractivity contribution < 1.29 is 18.7 Å². The molecule has 0 spiro atoms. The third-order valence-corrected chi connectivity index (χ3v) is 3.35. The van der Waals surface area contributed by atoms with E-state index in [2.05, 4.69) is 0 Å². The number of ether oxygens (including phenoxy) is 2. The van der Waals surface area contributed by atoms with Gasteiger partial charge in [-0.3, -0.25) is 4.79 Å². The Morgan fingerprint density at radius 1 is 1.14 bits per heavy atom. The van der Waals surface area contributed by atoms with E-state index in [1.54, 1.807) is 31.4 Å². The fourth-order valence-corrected chi connectivity index (χ4v) is 2.05. The van der Waals surface area contributed by atoms with Crippen LogP contribution in [0.4, 0.5) is 4.39 Å². The first kappa shape index (κ1) is 16.0. The van der Waals surface area contributed by atoms with Crippen LogP contribution in [-0.2, 0) is 0 Å². The van der Waals surface area contributed by atoms with Gasteiger partial charge in [-0.1, -0.05) is 11.6 Å². The molecule has 0 saturated carbocycles. The Labute approximate surface area is 132 Å². The van der Waals surface area contributed by atoms with E-state index in [4.69, 9.17) is 21.1 Å². The van der Waals surface area contributed by atoms with Gasteiger partial charge in [0, 0.05) is 17.2 Å². The number of carbonyl (C=O) groups excluding carboxylic acids is 1. The van der Waals surface area contributed by atoms with Gasteiger partial charge in [0.1, 0.15) is 17.3 Å². The largest absolute Gasteiger partial charge is 0.497 e. The molecule has 2 aromatic carbocycles. The summed E-state index contributed by atoms with van der Waals surface area (Å²) in [6.07, 6.45) is 3.01. The zero-order chi connectivity index (χ0) is 16.1. The van der Waals surface area contributed by atoms with Crippen LogP contribution in [0.1, 0.15) is 15.9 Å². The molecule has 0 aliphatic rings. The summed E-state index contributed by atoms with van der Waals surface area (Å²) in [6.45, 7) is 0. The molecule has 0 radical (unpaired) electrons. The zero-order valence-electron chi connectivity index (χ0n) is 12.1. The van der Waals surface area contributed by atoms with Gasteiger partial charge in [0.25, 0.3) is 0 Å². The summed E-state index contributed by atoms with van der Waals surface area (Å²) in [4.78, 5) is 12.1. The Hall–Kier alpha value is -2.33. The summed E-state index contributed by atoms with van der Waals surface area (Å²) in [5.41, 5.74) is 1.04. The number of methoxy groups -OCH3 is 2. The van der Waals surface area contributed by atoms with E-state index in [1.165, 1.54) is 25.3 Å². The van der Waals surface area contributed by atoms with Gasteiger partial charge in [0.15, 0.2) is 5.78 Å². The number of halogens is 2. The van der Waals surface area contributed by atoms with Crippen molar-refractivity contribution in [1.29, 1.82) is 0 Å². The molecule has 22 heavy (non-hydrogen) atoms. The molecule has 2 aromatic rings. The number of benzene rings is 2. The number of carbonyl (C=O) groups is 1. The minimum atomic E-state index is -0.556.